The molecular formula is C20H33N5O2. The second-order valence-corrected chi connectivity index (χ2v) is 8.62. The van der Waals surface area contributed by atoms with Gasteiger partial charge in [0.1, 0.15) is 5.82 Å². The van der Waals surface area contributed by atoms with Crippen LogP contribution in [0.5, 0.6) is 0 Å². The fourth-order valence-corrected chi connectivity index (χ4v) is 5.14. The molecular weight excluding hydrogens is 342 g/mol. The first-order valence-corrected chi connectivity index (χ1v) is 10.8. The van der Waals surface area contributed by atoms with Crippen LogP contribution in [0.4, 0.5) is 4.79 Å². The summed E-state index contributed by atoms with van der Waals surface area (Å²) in [5, 5.41) is 7.81. The maximum absolute atomic E-state index is 12.6. The van der Waals surface area contributed by atoms with Crippen molar-refractivity contribution in [3.05, 3.63) is 16.3 Å². The molecule has 1 aromatic rings. The second-order valence-electron chi connectivity index (χ2n) is 8.62. The minimum absolute atomic E-state index is 0.0226. The smallest absolute Gasteiger partial charge is 0.335 e. The van der Waals surface area contributed by atoms with Gasteiger partial charge in [0.15, 0.2) is 0 Å². The molecule has 3 aliphatic rings. The zero-order valence-electron chi connectivity index (χ0n) is 16.5. The Bertz CT molecular complexity index is 704. The van der Waals surface area contributed by atoms with Crippen molar-refractivity contribution in [2.75, 3.05) is 13.1 Å². The quantitative estimate of drug-likeness (QED) is 0.883. The predicted octanol–water partition coefficient (Wildman–Crippen LogP) is 2.92. The molecule has 4 rings (SSSR count). The van der Waals surface area contributed by atoms with E-state index in [1.807, 2.05) is 9.47 Å². The van der Waals surface area contributed by atoms with Crippen LogP contribution >= 0.6 is 0 Å². The highest BCUT2D eigenvalue weighted by Gasteiger charge is 2.31. The topological polar surface area (TPSA) is 72.2 Å². The number of aromatic nitrogens is 3. The molecule has 7 heteroatoms. The van der Waals surface area contributed by atoms with Crippen LogP contribution < -0.4 is 11.0 Å². The molecule has 0 bridgehead atoms. The molecule has 2 aliphatic carbocycles. The summed E-state index contributed by atoms with van der Waals surface area (Å²) in [6, 6.07) is 0.760. The van der Waals surface area contributed by atoms with E-state index in [-0.39, 0.29) is 17.6 Å². The average molecular weight is 376 g/mol. The first kappa shape index (κ1) is 18.6. The van der Waals surface area contributed by atoms with E-state index in [2.05, 4.69) is 10.4 Å². The Morgan fingerprint density at radius 2 is 1.59 bits per heavy atom. The largest absolute Gasteiger partial charge is 0.345 e. The number of carbonyl (C=O) groups is 1. The molecule has 0 spiro atoms. The molecule has 0 atom stereocenters. The summed E-state index contributed by atoms with van der Waals surface area (Å²) in [6.07, 6.45) is 12.3. The number of nitrogens with zero attached hydrogens (tertiary/aromatic N) is 4. The highest BCUT2D eigenvalue weighted by atomic mass is 16.2. The summed E-state index contributed by atoms with van der Waals surface area (Å²) in [6.45, 7) is 1.50. The van der Waals surface area contributed by atoms with Gasteiger partial charge in [-0.3, -0.25) is 4.57 Å². The first-order chi connectivity index (χ1) is 13.1. The predicted molar refractivity (Wildman–Crippen MR) is 104 cm³/mol. The Morgan fingerprint density at radius 1 is 0.963 bits per heavy atom. The van der Waals surface area contributed by atoms with Crippen LogP contribution in [-0.4, -0.2) is 44.4 Å². The third-order valence-electron chi connectivity index (χ3n) is 6.75. The van der Waals surface area contributed by atoms with Crippen LogP contribution in [0.3, 0.4) is 0 Å². The van der Waals surface area contributed by atoms with Crippen LogP contribution in [0.2, 0.25) is 0 Å². The molecule has 7 nitrogen and oxygen atoms in total. The summed E-state index contributed by atoms with van der Waals surface area (Å²) < 4.78 is 3.46. The Morgan fingerprint density at radius 3 is 2.26 bits per heavy atom. The lowest BCUT2D eigenvalue weighted by Gasteiger charge is -2.34. The van der Waals surface area contributed by atoms with Crippen molar-refractivity contribution in [2.24, 2.45) is 7.05 Å². The van der Waals surface area contributed by atoms with E-state index in [0.29, 0.717) is 12.1 Å². The Kier molecular flexibility index (Phi) is 5.55. The van der Waals surface area contributed by atoms with Gasteiger partial charge in [-0.05, 0) is 38.5 Å². The summed E-state index contributed by atoms with van der Waals surface area (Å²) in [7, 11) is 1.75. The van der Waals surface area contributed by atoms with E-state index < -0.39 is 0 Å². The number of hydrogen-bond donors (Lipinski definition) is 1. The van der Waals surface area contributed by atoms with Crippen LogP contribution in [0.1, 0.15) is 88.4 Å². The second kappa shape index (κ2) is 8.07. The van der Waals surface area contributed by atoms with Crippen molar-refractivity contribution >= 4 is 6.03 Å². The molecule has 27 heavy (non-hydrogen) atoms. The number of piperidine rings is 1. The molecule has 0 radical (unpaired) electrons. The van der Waals surface area contributed by atoms with Crippen LogP contribution in [0.15, 0.2) is 4.79 Å². The van der Waals surface area contributed by atoms with Crippen LogP contribution in [0.25, 0.3) is 0 Å². The Labute approximate surface area is 161 Å². The van der Waals surface area contributed by atoms with E-state index in [4.69, 9.17) is 0 Å². The lowest BCUT2D eigenvalue weighted by atomic mass is 9.94. The number of amides is 2. The maximum Gasteiger partial charge on any atom is 0.345 e. The minimum Gasteiger partial charge on any atom is -0.335 e. The Balaban J connectivity index is 1.38. The third kappa shape index (κ3) is 3.92. The van der Waals surface area contributed by atoms with E-state index in [1.165, 1.54) is 36.8 Å². The first-order valence-electron chi connectivity index (χ1n) is 10.8. The summed E-state index contributed by atoms with van der Waals surface area (Å²) in [4.78, 5) is 27.1. The number of hydrogen-bond acceptors (Lipinski definition) is 3. The monoisotopic (exact) mass is 375 g/mol. The maximum atomic E-state index is 12.6. The van der Waals surface area contributed by atoms with Gasteiger partial charge in [0.2, 0.25) is 0 Å². The Hall–Kier alpha value is -1.79. The van der Waals surface area contributed by atoms with Crippen molar-refractivity contribution in [1.82, 2.24) is 24.6 Å². The summed E-state index contributed by atoms with van der Waals surface area (Å²) in [5.74, 6) is 1.22. The van der Waals surface area contributed by atoms with E-state index >= 15 is 0 Å². The molecule has 1 aromatic heterocycles. The van der Waals surface area contributed by atoms with Crippen molar-refractivity contribution in [1.29, 1.82) is 0 Å². The van der Waals surface area contributed by atoms with Gasteiger partial charge >= 0.3 is 11.7 Å². The molecule has 2 saturated carbocycles. The lowest BCUT2D eigenvalue weighted by molar-refractivity contribution is 0.172. The molecule has 1 N–H and O–H groups in total. The van der Waals surface area contributed by atoms with Crippen molar-refractivity contribution in [3.8, 4) is 0 Å². The third-order valence-corrected chi connectivity index (χ3v) is 6.75. The normalized spacial score (nSPS) is 23.1. The highest BCUT2D eigenvalue weighted by molar-refractivity contribution is 5.74. The van der Waals surface area contributed by atoms with Crippen LogP contribution in [-0.2, 0) is 7.05 Å². The molecule has 2 amide bonds. The zero-order valence-corrected chi connectivity index (χ0v) is 16.5. The SMILES string of the molecule is Cn1nc(C2CCN(C(=O)NC3CCCCC3)CC2)n(C2CCCC2)c1=O. The van der Waals surface area contributed by atoms with E-state index in [0.717, 1.165) is 57.4 Å². The molecule has 3 fully saturated rings. The number of nitrogens with one attached hydrogen (secondary N) is 1. The molecule has 1 aliphatic heterocycles. The molecule has 150 valence electrons. The van der Waals surface area contributed by atoms with Gasteiger partial charge in [-0.1, -0.05) is 32.1 Å². The van der Waals surface area contributed by atoms with Gasteiger partial charge in [0, 0.05) is 38.1 Å². The molecule has 1 saturated heterocycles. The van der Waals surface area contributed by atoms with Gasteiger partial charge < -0.3 is 10.2 Å². The fourth-order valence-electron chi connectivity index (χ4n) is 5.14. The summed E-state index contributed by atoms with van der Waals surface area (Å²) in [5.41, 5.74) is 0.0226. The van der Waals surface area contributed by atoms with E-state index in [9.17, 15) is 9.59 Å². The number of aryl methyl sites for hydroxylation is 1. The molecule has 0 unspecified atom stereocenters. The van der Waals surface area contributed by atoms with Crippen molar-refractivity contribution in [3.63, 3.8) is 0 Å². The number of rotatable bonds is 3. The lowest BCUT2D eigenvalue weighted by Crippen LogP contribution is -2.48. The van der Waals surface area contributed by atoms with Crippen molar-refractivity contribution < 1.29 is 4.79 Å². The average Bonchev–Trinajstić information content (AvgIpc) is 3.31. The fraction of sp³-hybridized carbons (Fsp3) is 0.850. The zero-order chi connectivity index (χ0) is 18.8. The van der Waals surface area contributed by atoms with Gasteiger partial charge in [-0.25, -0.2) is 14.3 Å². The minimum atomic E-state index is 0.0226. The van der Waals surface area contributed by atoms with Gasteiger partial charge in [0.05, 0.1) is 0 Å². The van der Waals surface area contributed by atoms with Crippen molar-refractivity contribution in [2.45, 2.75) is 88.6 Å². The van der Waals surface area contributed by atoms with Gasteiger partial charge in [-0.2, -0.15) is 5.10 Å². The molecule has 2 heterocycles. The van der Waals surface area contributed by atoms with Gasteiger partial charge in [-0.15, -0.1) is 0 Å². The highest BCUT2D eigenvalue weighted by Crippen LogP contribution is 2.33. The molecule has 0 aromatic carbocycles. The van der Waals surface area contributed by atoms with E-state index in [1.54, 1.807) is 7.05 Å². The number of urea groups is 1. The van der Waals surface area contributed by atoms with Gasteiger partial charge in [0.25, 0.3) is 0 Å². The number of likely N-dealkylation sites (tertiary alicyclic amines) is 1. The standard InChI is InChI=1S/C20H33N5O2/c1-23-20(27)25(17-9-5-6-10-17)18(22-23)15-11-13-24(14-12-15)19(26)21-16-7-3-2-4-8-16/h15-17H,2-14H2,1H3,(H,21,26). The van der Waals surface area contributed by atoms with Crippen LogP contribution in [0, 0.1) is 0 Å². The summed E-state index contributed by atoms with van der Waals surface area (Å²) >= 11 is 0. The number of carbonyl (C=O) groups excluding carboxylic acids is 1.